The fourth-order valence-corrected chi connectivity index (χ4v) is 6.64. The summed E-state index contributed by atoms with van der Waals surface area (Å²) in [4.78, 5) is 13.6. The van der Waals surface area contributed by atoms with Gasteiger partial charge in [0.05, 0.1) is 11.8 Å². The van der Waals surface area contributed by atoms with Crippen molar-refractivity contribution in [1.82, 2.24) is 8.87 Å². The van der Waals surface area contributed by atoms with E-state index in [-0.39, 0.29) is 11.9 Å². The van der Waals surface area contributed by atoms with Gasteiger partial charge in [-0.3, -0.25) is 4.79 Å². The summed E-state index contributed by atoms with van der Waals surface area (Å²) in [6.07, 6.45) is 2.49. The largest absolute Gasteiger partial charge is 0.490 e. The Morgan fingerprint density at radius 2 is 1.79 bits per heavy atom. The molecule has 0 N–H and O–H groups in total. The molecule has 0 unspecified atom stereocenters. The Balaban J connectivity index is 1.50. The van der Waals surface area contributed by atoms with Crippen LogP contribution in [0.4, 0.5) is 0 Å². The minimum absolute atomic E-state index is 0.0419. The molecule has 2 heterocycles. The molecule has 1 aliphatic carbocycles. The molecule has 2 aromatic carbocycles. The first-order chi connectivity index (χ1) is 15.5. The van der Waals surface area contributed by atoms with Gasteiger partial charge in [0.15, 0.2) is 5.78 Å². The fraction of sp³-hybridized carbons (Fsp3) is 0.400. The summed E-state index contributed by atoms with van der Waals surface area (Å²) in [6, 6.07) is 11.8. The van der Waals surface area contributed by atoms with E-state index in [0.29, 0.717) is 31.5 Å². The standard InChI is InChI=1S/C25H27BrN2O4S/c1-25(2)20-14-17(32-16-9-11-28(12-10-16)33(4,30)31)6-8-18(20)23(29)22-19-7-5-15(26)13-21(19)27(3)24(22)25/h5-8,13-14,16H,9-12H2,1-4H3. The van der Waals surface area contributed by atoms with Gasteiger partial charge in [-0.05, 0) is 48.7 Å². The summed E-state index contributed by atoms with van der Waals surface area (Å²) in [5, 5.41) is 0.970. The molecule has 2 aliphatic rings. The first-order valence-electron chi connectivity index (χ1n) is 11.1. The van der Waals surface area contributed by atoms with Crippen LogP contribution < -0.4 is 4.74 Å². The number of ketones is 1. The zero-order chi connectivity index (χ0) is 23.7. The minimum Gasteiger partial charge on any atom is -0.490 e. The quantitative estimate of drug-likeness (QED) is 0.495. The lowest BCUT2D eigenvalue weighted by Gasteiger charge is -2.34. The van der Waals surface area contributed by atoms with E-state index >= 15 is 0 Å². The second kappa shape index (κ2) is 7.68. The normalized spacial score (nSPS) is 18.9. The van der Waals surface area contributed by atoms with Crippen LogP contribution in [0.1, 0.15) is 53.9 Å². The number of halogens is 1. The number of carbonyl (C=O) groups is 1. The van der Waals surface area contributed by atoms with Crippen LogP contribution in [-0.2, 0) is 22.5 Å². The van der Waals surface area contributed by atoms with Crippen LogP contribution in [0.3, 0.4) is 0 Å². The summed E-state index contributed by atoms with van der Waals surface area (Å²) in [5.74, 6) is 0.762. The van der Waals surface area contributed by atoms with Gasteiger partial charge in [0.2, 0.25) is 10.0 Å². The van der Waals surface area contributed by atoms with Gasteiger partial charge < -0.3 is 9.30 Å². The van der Waals surface area contributed by atoms with E-state index in [2.05, 4.69) is 40.4 Å². The Labute approximate surface area is 202 Å². The van der Waals surface area contributed by atoms with Crippen molar-refractivity contribution in [3.8, 4) is 5.75 Å². The number of nitrogens with zero attached hydrogens (tertiary/aromatic N) is 2. The molecule has 0 radical (unpaired) electrons. The maximum atomic E-state index is 13.6. The van der Waals surface area contributed by atoms with Gasteiger partial charge in [0.25, 0.3) is 0 Å². The number of sulfonamides is 1. The van der Waals surface area contributed by atoms with Crippen molar-refractivity contribution in [2.45, 2.75) is 38.2 Å². The van der Waals surface area contributed by atoms with Crippen LogP contribution in [0.2, 0.25) is 0 Å². The fourth-order valence-electron chi connectivity index (χ4n) is 5.42. The Kier molecular flexibility index (Phi) is 5.27. The molecule has 1 saturated heterocycles. The Morgan fingerprint density at radius 1 is 1.09 bits per heavy atom. The number of aromatic nitrogens is 1. The molecule has 174 valence electrons. The zero-order valence-electron chi connectivity index (χ0n) is 19.2. The molecule has 0 spiro atoms. The Hall–Kier alpha value is -2.16. The number of fused-ring (bicyclic) bond motifs is 4. The van der Waals surface area contributed by atoms with Crippen LogP contribution in [0.25, 0.3) is 10.9 Å². The van der Waals surface area contributed by atoms with E-state index in [1.807, 2.05) is 37.4 Å². The first kappa shape index (κ1) is 22.6. The second-order valence-electron chi connectivity index (χ2n) is 9.58. The van der Waals surface area contributed by atoms with E-state index in [0.717, 1.165) is 37.9 Å². The van der Waals surface area contributed by atoms with Crippen LogP contribution in [0.5, 0.6) is 5.75 Å². The second-order valence-corrected chi connectivity index (χ2v) is 12.5. The lowest BCUT2D eigenvalue weighted by molar-refractivity contribution is 0.103. The summed E-state index contributed by atoms with van der Waals surface area (Å²) < 4.78 is 34.4. The third-order valence-electron chi connectivity index (χ3n) is 7.06. The van der Waals surface area contributed by atoms with Crippen LogP contribution in [0.15, 0.2) is 40.9 Å². The summed E-state index contributed by atoms with van der Waals surface area (Å²) >= 11 is 3.55. The number of hydrogen-bond acceptors (Lipinski definition) is 4. The third-order valence-corrected chi connectivity index (χ3v) is 8.86. The smallest absolute Gasteiger partial charge is 0.211 e. The number of aryl methyl sites for hydroxylation is 1. The molecule has 0 saturated carbocycles. The summed E-state index contributed by atoms with van der Waals surface area (Å²) in [5.41, 5.74) is 4.08. The van der Waals surface area contributed by atoms with Crippen molar-refractivity contribution < 1.29 is 17.9 Å². The van der Waals surface area contributed by atoms with Crippen molar-refractivity contribution in [3.05, 3.63) is 63.3 Å². The zero-order valence-corrected chi connectivity index (χ0v) is 21.6. The van der Waals surface area contributed by atoms with Crippen molar-refractivity contribution in [1.29, 1.82) is 0 Å². The molecule has 6 nitrogen and oxygen atoms in total. The predicted molar refractivity (Wildman–Crippen MR) is 133 cm³/mol. The van der Waals surface area contributed by atoms with Crippen molar-refractivity contribution in [2.24, 2.45) is 7.05 Å². The lowest BCUT2D eigenvalue weighted by Crippen LogP contribution is -2.41. The van der Waals surface area contributed by atoms with Gasteiger partial charge in [0, 0.05) is 52.2 Å². The molecule has 8 heteroatoms. The summed E-state index contributed by atoms with van der Waals surface area (Å²) in [7, 11) is -1.15. The molecule has 0 atom stereocenters. The van der Waals surface area contributed by atoms with Gasteiger partial charge in [-0.1, -0.05) is 35.8 Å². The van der Waals surface area contributed by atoms with Crippen LogP contribution in [0, 0.1) is 0 Å². The highest BCUT2D eigenvalue weighted by atomic mass is 79.9. The highest BCUT2D eigenvalue weighted by Gasteiger charge is 2.41. The van der Waals surface area contributed by atoms with Gasteiger partial charge >= 0.3 is 0 Å². The average molecular weight is 531 g/mol. The number of hydrogen-bond donors (Lipinski definition) is 0. The Bertz CT molecular complexity index is 1400. The predicted octanol–water partition coefficient (Wildman–Crippen LogP) is 4.61. The molecule has 3 aromatic rings. The molecule has 0 amide bonds. The maximum Gasteiger partial charge on any atom is 0.211 e. The minimum atomic E-state index is -3.17. The van der Waals surface area contributed by atoms with E-state index in [9.17, 15) is 13.2 Å². The topological polar surface area (TPSA) is 68.6 Å². The monoisotopic (exact) mass is 530 g/mol. The van der Waals surface area contributed by atoms with Gasteiger partial charge in [-0.25, -0.2) is 12.7 Å². The van der Waals surface area contributed by atoms with Gasteiger partial charge in [-0.15, -0.1) is 0 Å². The molecular weight excluding hydrogens is 504 g/mol. The molecule has 1 aromatic heterocycles. The SMILES string of the molecule is Cn1c2c(c3ccc(Br)cc31)C(=O)c1ccc(OC3CCN(S(C)(=O)=O)CC3)cc1C2(C)C. The molecule has 5 rings (SSSR count). The number of rotatable bonds is 3. The molecule has 1 fully saturated rings. The van der Waals surface area contributed by atoms with Crippen molar-refractivity contribution in [2.75, 3.05) is 19.3 Å². The number of ether oxygens (including phenoxy) is 1. The highest BCUT2D eigenvalue weighted by molar-refractivity contribution is 9.10. The molecule has 33 heavy (non-hydrogen) atoms. The van der Waals surface area contributed by atoms with E-state index in [1.165, 1.54) is 10.6 Å². The van der Waals surface area contributed by atoms with Crippen LogP contribution >= 0.6 is 15.9 Å². The average Bonchev–Trinajstić information content (AvgIpc) is 3.05. The van der Waals surface area contributed by atoms with Crippen molar-refractivity contribution in [3.63, 3.8) is 0 Å². The number of piperidine rings is 1. The van der Waals surface area contributed by atoms with E-state index in [1.54, 1.807) is 0 Å². The number of carbonyl (C=O) groups excluding carboxylic acids is 1. The van der Waals surface area contributed by atoms with E-state index < -0.39 is 15.4 Å². The van der Waals surface area contributed by atoms with Crippen molar-refractivity contribution >= 4 is 42.6 Å². The number of benzene rings is 2. The first-order valence-corrected chi connectivity index (χ1v) is 13.7. The van der Waals surface area contributed by atoms with E-state index in [4.69, 9.17) is 4.74 Å². The molecule has 0 bridgehead atoms. The van der Waals surface area contributed by atoms with Gasteiger partial charge in [-0.2, -0.15) is 0 Å². The third kappa shape index (κ3) is 3.63. The van der Waals surface area contributed by atoms with Gasteiger partial charge in [0.1, 0.15) is 11.9 Å². The maximum absolute atomic E-state index is 13.6. The lowest BCUT2D eigenvalue weighted by atomic mass is 9.71. The summed E-state index contributed by atoms with van der Waals surface area (Å²) in [6.45, 7) is 5.24. The molecular formula is C25H27BrN2O4S. The molecule has 1 aliphatic heterocycles. The Morgan fingerprint density at radius 3 is 2.45 bits per heavy atom. The highest BCUT2D eigenvalue weighted by Crippen LogP contribution is 2.46. The van der Waals surface area contributed by atoms with Crippen LogP contribution in [-0.4, -0.2) is 48.5 Å².